The average Bonchev–Trinajstić information content (AvgIpc) is 3.12. The molecule has 1 heterocycles. The van der Waals surface area contributed by atoms with Gasteiger partial charge in [-0.1, -0.05) is 18.2 Å². The van der Waals surface area contributed by atoms with Gasteiger partial charge < -0.3 is 9.64 Å². The standard InChI is InChI=1S/C22H21F6NO2/c23-16-7-4-14(5-8-16)20(29-11-1-3-19(29)30)21(31-12-2-10-22(26,27)28)15-6-9-17(24)18(25)13-15/h4-9,13,20-21H,1-3,10-12H2/t20-,21+/m1/s1. The number of amides is 1. The fraction of sp³-hybridized carbons (Fsp3) is 0.409. The van der Waals surface area contributed by atoms with Gasteiger partial charge in [-0.3, -0.25) is 4.79 Å². The SMILES string of the molecule is O=C1CCCN1[C@H](c1ccc(F)cc1)[C@@H](OCCCC(F)(F)F)c1ccc(F)c(F)c1. The second-order valence-corrected chi connectivity index (χ2v) is 7.37. The fourth-order valence-corrected chi connectivity index (χ4v) is 3.68. The van der Waals surface area contributed by atoms with Gasteiger partial charge in [-0.25, -0.2) is 13.2 Å². The first-order valence-corrected chi connectivity index (χ1v) is 9.84. The molecule has 0 N–H and O–H groups in total. The van der Waals surface area contributed by atoms with E-state index in [1.807, 2.05) is 0 Å². The zero-order chi connectivity index (χ0) is 22.6. The molecule has 3 nitrogen and oxygen atoms in total. The lowest BCUT2D eigenvalue weighted by Gasteiger charge is -2.35. The zero-order valence-corrected chi connectivity index (χ0v) is 16.5. The van der Waals surface area contributed by atoms with Gasteiger partial charge in [0.05, 0.1) is 6.04 Å². The van der Waals surface area contributed by atoms with Crippen molar-refractivity contribution >= 4 is 5.91 Å². The number of hydrogen-bond donors (Lipinski definition) is 0. The Balaban J connectivity index is 1.97. The Morgan fingerprint density at radius 2 is 1.65 bits per heavy atom. The van der Waals surface area contributed by atoms with Gasteiger partial charge in [-0.05, 0) is 48.2 Å². The van der Waals surface area contributed by atoms with Crippen molar-refractivity contribution in [2.24, 2.45) is 0 Å². The van der Waals surface area contributed by atoms with Gasteiger partial charge in [0.25, 0.3) is 0 Å². The average molecular weight is 445 g/mol. The Kier molecular flexibility index (Phi) is 7.25. The van der Waals surface area contributed by atoms with E-state index in [1.54, 1.807) is 0 Å². The highest BCUT2D eigenvalue weighted by atomic mass is 19.4. The molecule has 9 heteroatoms. The lowest BCUT2D eigenvalue weighted by molar-refractivity contribution is -0.141. The molecule has 0 unspecified atom stereocenters. The van der Waals surface area contributed by atoms with Gasteiger partial charge in [-0.15, -0.1) is 0 Å². The van der Waals surface area contributed by atoms with Crippen LogP contribution in [0.25, 0.3) is 0 Å². The van der Waals surface area contributed by atoms with Crippen LogP contribution in [0.15, 0.2) is 42.5 Å². The largest absolute Gasteiger partial charge is 0.389 e. The molecular formula is C22H21F6NO2. The highest BCUT2D eigenvalue weighted by molar-refractivity contribution is 5.78. The molecule has 0 bridgehead atoms. The molecular weight excluding hydrogens is 424 g/mol. The van der Waals surface area contributed by atoms with E-state index in [0.717, 1.165) is 12.1 Å². The topological polar surface area (TPSA) is 29.5 Å². The summed E-state index contributed by atoms with van der Waals surface area (Å²) in [6.45, 7) is 0.0376. The number of likely N-dealkylation sites (tertiary alicyclic amines) is 1. The molecule has 0 spiro atoms. The van der Waals surface area contributed by atoms with Crippen molar-refractivity contribution in [1.29, 1.82) is 0 Å². The molecule has 0 aromatic heterocycles. The van der Waals surface area contributed by atoms with E-state index in [1.165, 1.54) is 35.2 Å². The Morgan fingerprint density at radius 3 is 2.23 bits per heavy atom. The molecule has 0 radical (unpaired) electrons. The molecule has 1 fully saturated rings. The number of carbonyl (C=O) groups is 1. The number of halogens is 6. The summed E-state index contributed by atoms with van der Waals surface area (Å²) in [6.07, 6.45) is -6.00. The van der Waals surface area contributed by atoms with E-state index in [0.29, 0.717) is 18.5 Å². The minimum atomic E-state index is -4.36. The van der Waals surface area contributed by atoms with Crippen molar-refractivity contribution in [2.75, 3.05) is 13.2 Å². The van der Waals surface area contributed by atoms with Crippen LogP contribution in [0.5, 0.6) is 0 Å². The van der Waals surface area contributed by atoms with Gasteiger partial charge in [0.1, 0.15) is 11.9 Å². The summed E-state index contributed by atoms with van der Waals surface area (Å²) in [4.78, 5) is 14.0. The summed E-state index contributed by atoms with van der Waals surface area (Å²) < 4.78 is 84.2. The summed E-state index contributed by atoms with van der Waals surface area (Å²) in [7, 11) is 0. The molecule has 1 saturated heterocycles. The van der Waals surface area contributed by atoms with Gasteiger partial charge in [-0.2, -0.15) is 13.2 Å². The molecule has 3 rings (SSSR count). The van der Waals surface area contributed by atoms with E-state index >= 15 is 0 Å². The highest BCUT2D eigenvalue weighted by Gasteiger charge is 2.37. The Hall–Kier alpha value is -2.55. The quantitative estimate of drug-likeness (QED) is 0.376. The summed E-state index contributed by atoms with van der Waals surface area (Å²) in [5, 5.41) is 0. The smallest absolute Gasteiger partial charge is 0.371 e. The summed E-state index contributed by atoms with van der Waals surface area (Å²) >= 11 is 0. The molecule has 31 heavy (non-hydrogen) atoms. The number of carbonyl (C=O) groups excluding carboxylic acids is 1. The van der Waals surface area contributed by atoms with Crippen LogP contribution in [-0.2, 0) is 9.53 Å². The Morgan fingerprint density at radius 1 is 0.968 bits per heavy atom. The number of rotatable bonds is 8. The van der Waals surface area contributed by atoms with Crippen molar-refractivity contribution in [3.63, 3.8) is 0 Å². The van der Waals surface area contributed by atoms with E-state index < -0.39 is 42.2 Å². The normalized spacial score (nSPS) is 16.6. The maximum atomic E-state index is 13.9. The first-order chi connectivity index (χ1) is 14.7. The second kappa shape index (κ2) is 9.72. The predicted octanol–water partition coefficient (Wildman–Crippen LogP) is 5.87. The molecule has 2 aromatic carbocycles. The molecule has 168 valence electrons. The maximum absolute atomic E-state index is 13.9. The zero-order valence-electron chi connectivity index (χ0n) is 16.5. The Labute approximate surface area is 175 Å². The molecule has 1 amide bonds. The third-order valence-electron chi connectivity index (χ3n) is 5.12. The molecule has 1 aliphatic rings. The maximum Gasteiger partial charge on any atom is 0.389 e. The molecule has 2 atom stereocenters. The molecule has 2 aromatic rings. The van der Waals surface area contributed by atoms with E-state index in [9.17, 15) is 31.1 Å². The molecule has 0 saturated carbocycles. The Bertz CT molecular complexity index is 900. The van der Waals surface area contributed by atoms with Crippen molar-refractivity contribution in [3.05, 3.63) is 71.0 Å². The van der Waals surface area contributed by atoms with Crippen LogP contribution in [0, 0.1) is 17.5 Å². The van der Waals surface area contributed by atoms with E-state index in [-0.39, 0.29) is 30.9 Å². The predicted molar refractivity (Wildman–Crippen MR) is 100 cm³/mol. The third kappa shape index (κ3) is 6.00. The van der Waals surface area contributed by atoms with Crippen LogP contribution in [0.4, 0.5) is 26.3 Å². The summed E-state index contributed by atoms with van der Waals surface area (Å²) in [5.74, 6) is -2.95. The van der Waals surface area contributed by atoms with Crippen LogP contribution in [0.1, 0.15) is 49.0 Å². The van der Waals surface area contributed by atoms with Crippen LogP contribution in [0.3, 0.4) is 0 Å². The monoisotopic (exact) mass is 445 g/mol. The fourth-order valence-electron chi connectivity index (χ4n) is 3.68. The van der Waals surface area contributed by atoms with Crippen LogP contribution in [0.2, 0.25) is 0 Å². The number of nitrogens with zero attached hydrogens (tertiary/aromatic N) is 1. The van der Waals surface area contributed by atoms with Crippen molar-refractivity contribution in [1.82, 2.24) is 4.90 Å². The minimum absolute atomic E-state index is 0.167. The minimum Gasteiger partial charge on any atom is -0.371 e. The van der Waals surface area contributed by atoms with Gasteiger partial charge in [0.15, 0.2) is 11.6 Å². The van der Waals surface area contributed by atoms with Crippen molar-refractivity contribution < 1.29 is 35.9 Å². The first kappa shape index (κ1) is 23.1. The highest BCUT2D eigenvalue weighted by Crippen LogP contribution is 2.40. The van der Waals surface area contributed by atoms with Crippen LogP contribution >= 0.6 is 0 Å². The van der Waals surface area contributed by atoms with Crippen LogP contribution < -0.4 is 0 Å². The number of alkyl halides is 3. The first-order valence-electron chi connectivity index (χ1n) is 9.84. The van der Waals surface area contributed by atoms with E-state index in [4.69, 9.17) is 4.74 Å². The van der Waals surface area contributed by atoms with Gasteiger partial charge in [0, 0.05) is 26.0 Å². The number of ether oxygens (including phenoxy) is 1. The number of benzene rings is 2. The summed E-state index contributed by atoms with van der Waals surface area (Å²) in [5.41, 5.74) is 0.641. The molecule has 0 aliphatic carbocycles. The van der Waals surface area contributed by atoms with Crippen molar-refractivity contribution in [3.8, 4) is 0 Å². The lowest BCUT2D eigenvalue weighted by Crippen LogP contribution is -2.35. The second-order valence-electron chi connectivity index (χ2n) is 7.37. The number of hydrogen-bond acceptors (Lipinski definition) is 2. The van der Waals surface area contributed by atoms with E-state index in [2.05, 4.69) is 0 Å². The van der Waals surface area contributed by atoms with Crippen molar-refractivity contribution in [2.45, 2.75) is 44.0 Å². The third-order valence-corrected chi connectivity index (χ3v) is 5.12. The molecule has 1 aliphatic heterocycles. The van der Waals surface area contributed by atoms with Crippen LogP contribution in [-0.4, -0.2) is 30.1 Å². The van der Waals surface area contributed by atoms with Gasteiger partial charge >= 0.3 is 6.18 Å². The van der Waals surface area contributed by atoms with Gasteiger partial charge in [0.2, 0.25) is 5.91 Å². The summed E-state index contributed by atoms with van der Waals surface area (Å²) in [6, 6.07) is 7.49. The lowest BCUT2D eigenvalue weighted by atomic mass is 9.94.